The number of hydrogen-bond donors (Lipinski definition) is 2. The molecular formula is C33H43Cl2N3O4Si. The minimum Gasteiger partial charge on any atom is -0.481 e. The highest BCUT2D eigenvalue weighted by molar-refractivity contribution is 6.77. The largest absolute Gasteiger partial charge is 0.481 e. The van der Waals surface area contributed by atoms with Crippen LogP contribution in [-0.2, 0) is 9.59 Å². The van der Waals surface area contributed by atoms with E-state index in [4.69, 9.17) is 33.3 Å². The molecule has 232 valence electrons. The van der Waals surface area contributed by atoms with Gasteiger partial charge < -0.3 is 15.3 Å². The lowest BCUT2D eigenvalue weighted by Crippen LogP contribution is -2.51. The van der Waals surface area contributed by atoms with Crippen molar-refractivity contribution in [1.29, 1.82) is 0 Å². The molecule has 1 saturated carbocycles. The van der Waals surface area contributed by atoms with Gasteiger partial charge >= 0.3 is 5.97 Å². The molecule has 0 unspecified atom stereocenters. The van der Waals surface area contributed by atoms with Crippen molar-refractivity contribution in [1.82, 2.24) is 10.2 Å². The van der Waals surface area contributed by atoms with Crippen molar-refractivity contribution in [3.63, 3.8) is 0 Å². The van der Waals surface area contributed by atoms with E-state index in [9.17, 15) is 14.4 Å². The van der Waals surface area contributed by atoms with Crippen molar-refractivity contribution >= 4 is 54.8 Å². The van der Waals surface area contributed by atoms with Crippen molar-refractivity contribution in [3.05, 3.63) is 69.2 Å². The van der Waals surface area contributed by atoms with E-state index in [1.807, 2.05) is 17.0 Å². The molecule has 10 heteroatoms. The van der Waals surface area contributed by atoms with Crippen molar-refractivity contribution in [2.24, 2.45) is 10.9 Å². The smallest absolute Gasteiger partial charge is 0.305 e. The molecule has 4 rings (SSSR count). The van der Waals surface area contributed by atoms with Gasteiger partial charge in [0.2, 0.25) is 0 Å². The van der Waals surface area contributed by atoms with Gasteiger partial charge in [0.1, 0.15) is 11.4 Å². The number of carboxylic acids is 1. The molecule has 0 radical (unpaired) electrons. The van der Waals surface area contributed by atoms with Crippen molar-refractivity contribution in [2.45, 2.75) is 95.7 Å². The van der Waals surface area contributed by atoms with Crippen LogP contribution in [0.3, 0.4) is 0 Å². The zero-order valence-corrected chi connectivity index (χ0v) is 28.3. The summed E-state index contributed by atoms with van der Waals surface area (Å²) in [6.07, 6.45) is 5.18. The Labute approximate surface area is 266 Å². The number of nitrogens with one attached hydrogen (secondary N) is 1. The van der Waals surface area contributed by atoms with E-state index in [1.165, 1.54) is 0 Å². The van der Waals surface area contributed by atoms with Gasteiger partial charge in [0, 0.05) is 35.8 Å². The number of benzene rings is 2. The third-order valence-electron chi connectivity index (χ3n) is 8.85. The standard InChI is InChI=1S/C33H43Cl2N3O4Si/c1-21(2)6-11-28(22-7-9-23(10-8-22)31(41)36-17-14-29(39)40)38-32(42)30(24-18-25(34)20-26(35)19-24)37-33(38)15-12-27(13-16-33)43(3,4)5/h7-10,18-21,27-28H,6,11-17H2,1-5H3,(H,36,41)(H,39,40)/t27?,28-,33?/m1/s1. The topological polar surface area (TPSA) is 99.1 Å². The van der Waals surface area contributed by atoms with Crippen LogP contribution in [0.1, 0.15) is 86.3 Å². The molecule has 2 amide bonds. The van der Waals surface area contributed by atoms with Crippen LogP contribution in [0.15, 0.2) is 47.5 Å². The summed E-state index contributed by atoms with van der Waals surface area (Å²) in [6, 6.07) is 12.3. The maximum Gasteiger partial charge on any atom is 0.305 e. The molecule has 0 bridgehead atoms. The van der Waals surface area contributed by atoms with E-state index < -0.39 is 19.7 Å². The van der Waals surface area contributed by atoms with E-state index >= 15 is 0 Å². The van der Waals surface area contributed by atoms with Crippen molar-refractivity contribution in [2.75, 3.05) is 6.54 Å². The number of aliphatic imine (C=N–C) groups is 1. The van der Waals surface area contributed by atoms with E-state index in [-0.39, 0.29) is 30.8 Å². The number of rotatable bonds is 11. The predicted molar refractivity (Wildman–Crippen MR) is 176 cm³/mol. The maximum absolute atomic E-state index is 14.5. The van der Waals surface area contributed by atoms with Crippen LogP contribution in [0.4, 0.5) is 0 Å². The van der Waals surface area contributed by atoms with E-state index in [2.05, 4.69) is 38.8 Å². The van der Waals surface area contributed by atoms with E-state index in [0.29, 0.717) is 38.3 Å². The molecule has 0 aromatic heterocycles. The first-order chi connectivity index (χ1) is 20.2. The lowest BCUT2D eigenvalue weighted by Gasteiger charge is -2.47. The van der Waals surface area contributed by atoms with Gasteiger partial charge in [-0.1, -0.05) is 68.8 Å². The first-order valence-corrected chi connectivity index (χ1v) is 19.5. The van der Waals surface area contributed by atoms with Gasteiger partial charge in [-0.15, -0.1) is 0 Å². The molecule has 2 N–H and O–H groups in total. The Balaban J connectivity index is 1.72. The van der Waals surface area contributed by atoms with E-state index in [1.54, 1.807) is 30.3 Å². The summed E-state index contributed by atoms with van der Waals surface area (Å²) in [7, 11) is -1.37. The fourth-order valence-corrected chi connectivity index (χ4v) is 8.95. The van der Waals surface area contributed by atoms with E-state index in [0.717, 1.165) is 44.1 Å². The average Bonchev–Trinajstić information content (AvgIpc) is 3.19. The van der Waals surface area contributed by atoms with Gasteiger partial charge in [-0.25, -0.2) is 0 Å². The number of carboxylic acid groups (broad SMARTS) is 1. The third-order valence-corrected chi connectivity index (χ3v) is 12.3. The van der Waals surface area contributed by atoms with Crippen LogP contribution in [0.2, 0.25) is 35.2 Å². The highest BCUT2D eigenvalue weighted by Crippen LogP contribution is 2.50. The third kappa shape index (κ3) is 7.89. The van der Waals surface area contributed by atoms with Crippen LogP contribution < -0.4 is 5.32 Å². The molecule has 2 aliphatic rings. The van der Waals surface area contributed by atoms with Crippen molar-refractivity contribution < 1.29 is 19.5 Å². The van der Waals surface area contributed by atoms with Crippen LogP contribution in [0, 0.1) is 5.92 Å². The molecule has 1 aliphatic carbocycles. The zero-order chi connectivity index (χ0) is 31.5. The van der Waals surface area contributed by atoms with Gasteiger partial charge in [-0.3, -0.25) is 19.4 Å². The zero-order valence-electron chi connectivity index (χ0n) is 25.8. The monoisotopic (exact) mass is 643 g/mol. The summed E-state index contributed by atoms with van der Waals surface area (Å²) in [4.78, 5) is 45.3. The number of carbonyl (C=O) groups is 3. The predicted octanol–water partition coefficient (Wildman–Crippen LogP) is 7.99. The molecule has 1 spiro atoms. The van der Waals surface area contributed by atoms with Crippen LogP contribution >= 0.6 is 23.2 Å². The average molecular weight is 645 g/mol. The lowest BCUT2D eigenvalue weighted by atomic mass is 9.85. The van der Waals surface area contributed by atoms with Crippen molar-refractivity contribution in [3.8, 4) is 0 Å². The molecular weight excluding hydrogens is 601 g/mol. The Kier molecular flexibility index (Phi) is 10.5. The number of halogens is 2. The molecule has 0 saturated heterocycles. The summed E-state index contributed by atoms with van der Waals surface area (Å²) in [5, 5.41) is 12.5. The molecule has 43 heavy (non-hydrogen) atoms. The highest BCUT2D eigenvalue weighted by atomic mass is 35.5. The molecule has 2 aromatic rings. The first kappa shape index (κ1) is 33.2. The fraction of sp³-hybridized carbons (Fsp3) is 0.515. The second kappa shape index (κ2) is 13.5. The van der Waals surface area contributed by atoms with Gasteiger partial charge in [-0.2, -0.15) is 0 Å². The summed E-state index contributed by atoms with van der Waals surface area (Å²) in [5.41, 5.74) is 2.44. The SMILES string of the molecule is CC(C)CC[C@H](c1ccc(C(=O)NCCC(=O)O)cc1)N1C(=O)C(c2cc(Cl)cc(Cl)c2)=NC12CCC([Si](C)(C)C)CC2. The first-order valence-electron chi connectivity index (χ1n) is 15.2. The maximum atomic E-state index is 14.5. The molecule has 1 heterocycles. The second-order valence-electron chi connectivity index (χ2n) is 13.4. The summed E-state index contributed by atoms with van der Waals surface area (Å²) >= 11 is 12.7. The summed E-state index contributed by atoms with van der Waals surface area (Å²) in [5.74, 6) is -0.971. The van der Waals surface area contributed by atoms with Gasteiger partial charge in [0.25, 0.3) is 11.8 Å². The highest BCUT2D eigenvalue weighted by Gasteiger charge is 2.52. The van der Waals surface area contributed by atoms with Crippen LogP contribution in [-0.4, -0.2) is 53.8 Å². The number of carbonyl (C=O) groups excluding carboxylic acids is 2. The quantitative estimate of drug-likeness (QED) is 0.242. The normalized spacial score (nSPS) is 21.3. The summed E-state index contributed by atoms with van der Waals surface area (Å²) < 4.78 is 0. The number of hydrogen-bond acceptors (Lipinski definition) is 4. The number of aliphatic carboxylic acids is 1. The summed E-state index contributed by atoms with van der Waals surface area (Å²) in [6.45, 7) is 11.7. The molecule has 1 fully saturated rings. The minimum atomic E-state index is -1.37. The minimum absolute atomic E-state index is 0.0593. The van der Waals surface area contributed by atoms with Gasteiger partial charge in [0.15, 0.2) is 0 Å². The van der Waals surface area contributed by atoms with Gasteiger partial charge in [0.05, 0.1) is 12.5 Å². The molecule has 1 atom stereocenters. The van der Waals surface area contributed by atoms with Gasteiger partial charge in [-0.05, 0) is 85.9 Å². The Hall–Kier alpha value is -2.68. The Bertz CT molecular complexity index is 1360. The number of amides is 2. The molecule has 7 nitrogen and oxygen atoms in total. The Morgan fingerprint density at radius 2 is 1.65 bits per heavy atom. The number of nitrogens with zero attached hydrogens (tertiary/aromatic N) is 2. The van der Waals surface area contributed by atoms with Crippen LogP contribution in [0.25, 0.3) is 0 Å². The Morgan fingerprint density at radius 3 is 2.19 bits per heavy atom. The molecule has 2 aromatic carbocycles. The fourth-order valence-electron chi connectivity index (χ4n) is 6.40. The Morgan fingerprint density at radius 1 is 1.05 bits per heavy atom. The second-order valence-corrected chi connectivity index (χ2v) is 19.8. The molecule has 1 aliphatic heterocycles. The van der Waals surface area contributed by atoms with Crippen LogP contribution in [0.5, 0.6) is 0 Å². The lowest BCUT2D eigenvalue weighted by molar-refractivity contribution is -0.137.